The van der Waals surface area contributed by atoms with E-state index in [1.165, 1.54) is 83.6 Å². The summed E-state index contributed by atoms with van der Waals surface area (Å²) in [6.07, 6.45) is 23.6. The van der Waals surface area contributed by atoms with Crippen LogP contribution in [0.1, 0.15) is 84.0 Å². The van der Waals surface area contributed by atoms with Crippen LogP contribution in [0.25, 0.3) is 0 Å². The van der Waals surface area contributed by atoms with Gasteiger partial charge in [0.2, 0.25) is 6.33 Å². The number of hydrogen-bond donors (Lipinski definition) is 0. The van der Waals surface area contributed by atoms with Crippen LogP contribution >= 0.6 is 40.4 Å². The van der Waals surface area contributed by atoms with E-state index in [0.29, 0.717) is 0 Å². The number of nitrogens with zero attached hydrogens (tertiary/aromatic N) is 2. The summed E-state index contributed by atoms with van der Waals surface area (Å²) in [4.78, 5) is 0. The number of imidazole rings is 1. The first-order valence-corrected chi connectivity index (χ1v) is 15.9. The first kappa shape index (κ1) is 25.9. The van der Waals surface area contributed by atoms with Crippen molar-refractivity contribution in [3.8, 4) is 0 Å². The van der Waals surface area contributed by atoms with Gasteiger partial charge < -0.3 is 0 Å². The van der Waals surface area contributed by atoms with Gasteiger partial charge >= 0.3 is 49.6 Å². The zero-order chi connectivity index (χ0) is 19.0. The maximum atomic E-state index is 4.97. The van der Waals surface area contributed by atoms with Crippen LogP contribution in [0.15, 0.2) is 18.7 Å². The van der Waals surface area contributed by atoms with E-state index in [1.807, 2.05) is 0 Å². The summed E-state index contributed by atoms with van der Waals surface area (Å²) in [5, 5.41) is 0. The minimum atomic E-state index is -2.74. The van der Waals surface area contributed by atoms with Crippen LogP contribution in [0.4, 0.5) is 0 Å². The fourth-order valence-corrected chi connectivity index (χ4v) is 2.77. The molecule has 0 bridgehead atoms. The van der Waals surface area contributed by atoms with Gasteiger partial charge in [0, 0.05) is 0 Å². The molecule has 0 unspecified atom stereocenters. The molecule has 0 saturated carbocycles. The molecule has 0 amide bonds. The molecule has 0 aliphatic heterocycles. The average molecular weight is 476 g/mol. The van der Waals surface area contributed by atoms with Crippen molar-refractivity contribution in [2.45, 2.75) is 90.5 Å². The molecule has 2 nitrogen and oxygen atoms in total. The van der Waals surface area contributed by atoms with Gasteiger partial charge in [-0.1, -0.05) is 71.1 Å². The molecule has 0 saturated heterocycles. The normalized spacial score (nSPS) is 11.9. The second-order valence-corrected chi connectivity index (χ2v) is 18.2. The minimum absolute atomic E-state index is 1.18. The third kappa shape index (κ3) is 22.8. The summed E-state index contributed by atoms with van der Waals surface area (Å²) in [6, 6.07) is 0. The number of aryl methyl sites for hydroxylation is 2. The molecule has 0 aromatic carbocycles. The summed E-state index contributed by atoms with van der Waals surface area (Å²) < 4.78 is 4.40. The quantitative estimate of drug-likeness (QED) is 0.156. The van der Waals surface area contributed by atoms with Crippen molar-refractivity contribution in [1.82, 2.24) is 4.57 Å². The second-order valence-electron chi connectivity index (χ2n) is 6.53. The molecular weight excluding hydrogens is 441 g/mol. The van der Waals surface area contributed by atoms with Crippen LogP contribution in [-0.2, 0) is 22.8 Å². The summed E-state index contributed by atoms with van der Waals surface area (Å²) in [6.45, 7) is 3.47. The molecule has 0 radical (unpaired) electrons. The van der Waals surface area contributed by atoms with Gasteiger partial charge in [-0.25, -0.2) is 9.13 Å². The summed E-state index contributed by atoms with van der Waals surface area (Å²) in [5.41, 5.74) is 0. The maximum absolute atomic E-state index is 4.97. The van der Waals surface area contributed by atoms with E-state index >= 15 is 0 Å². The van der Waals surface area contributed by atoms with Gasteiger partial charge in [-0.05, 0) is 12.8 Å². The van der Waals surface area contributed by atoms with E-state index in [2.05, 4.69) is 41.8 Å². The molecule has 0 atom stereocenters. The van der Waals surface area contributed by atoms with Gasteiger partial charge in [0.05, 0.1) is 13.6 Å². The van der Waals surface area contributed by atoms with E-state index in [9.17, 15) is 0 Å². The second kappa shape index (κ2) is 17.0. The fraction of sp³-hybridized carbons (Fsp3) is 0.833. The average Bonchev–Trinajstić information content (AvgIpc) is 2.92. The van der Waals surface area contributed by atoms with Crippen LogP contribution in [0.2, 0.25) is 0 Å². The SMILES string of the molecule is CCCCCCCCCCCCCCn1cc[n+](C)c1.[Cl][Mn]([Cl])([Cl])[Cl]. The van der Waals surface area contributed by atoms with Gasteiger partial charge in [-0.15, -0.1) is 0 Å². The Balaban J connectivity index is 0.00000101. The molecule has 7 heteroatoms. The Labute approximate surface area is 174 Å². The van der Waals surface area contributed by atoms with E-state index in [-0.39, 0.29) is 0 Å². The van der Waals surface area contributed by atoms with Gasteiger partial charge in [-0.2, -0.15) is 0 Å². The molecule has 0 N–H and O–H groups in total. The van der Waals surface area contributed by atoms with E-state index < -0.39 is 9.20 Å². The molecule has 0 aliphatic carbocycles. The van der Waals surface area contributed by atoms with Crippen molar-refractivity contribution in [1.29, 1.82) is 0 Å². The summed E-state index contributed by atoms with van der Waals surface area (Å²) in [7, 11) is 19.2. The van der Waals surface area contributed by atoms with Crippen LogP contribution in [0, 0.1) is 0 Å². The Morgan fingerprint density at radius 1 is 0.760 bits per heavy atom. The van der Waals surface area contributed by atoms with Crippen molar-refractivity contribution < 1.29 is 13.8 Å². The Morgan fingerprint density at radius 3 is 1.52 bits per heavy atom. The van der Waals surface area contributed by atoms with Gasteiger partial charge in [0.1, 0.15) is 12.4 Å². The Bertz CT molecular complexity index is 402. The predicted octanol–water partition coefficient (Wildman–Crippen LogP) is 7.77. The van der Waals surface area contributed by atoms with E-state index in [1.54, 1.807) is 0 Å². The molecule has 151 valence electrons. The molecule has 25 heavy (non-hydrogen) atoms. The van der Waals surface area contributed by atoms with E-state index in [0.717, 1.165) is 0 Å². The van der Waals surface area contributed by atoms with Crippen molar-refractivity contribution in [3.05, 3.63) is 18.7 Å². The molecule has 1 aromatic rings. The van der Waals surface area contributed by atoms with Gasteiger partial charge in [0.25, 0.3) is 0 Å². The van der Waals surface area contributed by atoms with E-state index in [4.69, 9.17) is 40.4 Å². The first-order chi connectivity index (χ1) is 11.8. The third-order valence-corrected chi connectivity index (χ3v) is 4.09. The van der Waals surface area contributed by atoms with Gasteiger partial charge in [-0.3, -0.25) is 0 Å². The number of unbranched alkanes of at least 4 members (excludes halogenated alkanes) is 11. The van der Waals surface area contributed by atoms with Crippen LogP contribution in [-0.4, -0.2) is 4.57 Å². The molecule has 0 spiro atoms. The third-order valence-electron chi connectivity index (χ3n) is 4.09. The molecular formula is C18H35Cl4MnN2+. The zero-order valence-corrected chi connectivity index (χ0v) is 19.9. The van der Waals surface area contributed by atoms with Crippen LogP contribution < -0.4 is 4.57 Å². The van der Waals surface area contributed by atoms with Crippen molar-refractivity contribution in [3.63, 3.8) is 0 Å². The molecule has 1 rings (SSSR count). The summed E-state index contributed by atoms with van der Waals surface area (Å²) >= 11 is 0. The molecule has 0 aliphatic rings. The summed E-state index contributed by atoms with van der Waals surface area (Å²) in [5.74, 6) is 0. The molecule has 1 heterocycles. The molecule has 1 aromatic heterocycles. The first-order valence-electron chi connectivity index (χ1n) is 9.41. The van der Waals surface area contributed by atoms with Crippen molar-refractivity contribution in [2.24, 2.45) is 7.05 Å². The van der Waals surface area contributed by atoms with Gasteiger partial charge in [0.15, 0.2) is 0 Å². The van der Waals surface area contributed by atoms with Crippen molar-refractivity contribution >= 4 is 40.4 Å². The number of halogens is 4. The Hall–Kier alpha value is 0.889. The number of rotatable bonds is 13. The van der Waals surface area contributed by atoms with Crippen LogP contribution in [0.3, 0.4) is 0 Å². The standard InChI is InChI=1S/C18H35N2.4ClH.Mn/c1-3-4-5-6-7-8-9-10-11-12-13-14-15-20-17-16-19(2)18-20;;;;;/h16-18H,3-15H2,1-2H3;4*1H;/q+1;;;;;+4/p-4. The number of aromatic nitrogens is 2. The zero-order valence-electron chi connectivity index (χ0n) is 15.7. The predicted molar refractivity (Wildman–Crippen MR) is 110 cm³/mol. The van der Waals surface area contributed by atoms with Crippen molar-refractivity contribution in [2.75, 3.05) is 0 Å². The topological polar surface area (TPSA) is 8.81 Å². The van der Waals surface area contributed by atoms with Crippen LogP contribution in [0.5, 0.6) is 0 Å². The molecule has 0 fully saturated rings. The number of hydrogen-bond acceptors (Lipinski definition) is 0. The Morgan fingerprint density at radius 2 is 1.16 bits per heavy atom. The Kier molecular flexibility index (Phi) is 17.6. The fourth-order valence-electron chi connectivity index (χ4n) is 2.77. The monoisotopic (exact) mass is 474 g/mol.